The molecule has 0 fully saturated rings. The molecule has 4 rings (SSSR count). The maximum Gasteiger partial charge on any atom is 0.338 e. The molecule has 1 aromatic carbocycles. The minimum atomic E-state index is -1.83. The molecule has 0 radical (unpaired) electrons. The summed E-state index contributed by atoms with van der Waals surface area (Å²) in [7, 11) is 3.93. The van der Waals surface area contributed by atoms with Gasteiger partial charge in [0.1, 0.15) is 5.76 Å². The molecule has 0 aliphatic carbocycles. The van der Waals surface area contributed by atoms with Gasteiger partial charge in [-0.25, -0.2) is 9.59 Å². The van der Waals surface area contributed by atoms with Gasteiger partial charge in [-0.3, -0.25) is 4.79 Å². The number of carbonyl (C=O) groups is 3. The standard InChI is InChI=1S/C20H17NO7/c1-21-12-8-5-4-7-11(12)20(19(21)24)15(18(23)26-3)14(17(22)25-2)16(28-20)13-9-6-10-27-13/h4-10,16H,1-3H3/t16-,20+/m0/s1. The topological polar surface area (TPSA) is 95.3 Å². The second-order valence-corrected chi connectivity index (χ2v) is 6.35. The van der Waals surface area contributed by atoms with E-state index in [0.717, 1.165) is 0 Å². The summed E-state index contributed by atoms with van der Waals surface area (Å²) in [5.41, 5.74) is -1.15. The van der Waals surface area contributed by atoms with Gasteiger partial charge in [0.25, 0.3) is 5.91 Å². The molecule has 0 bridgehead atoms. The van der Waals surface area contributed by atoms with Gasteiger partial charge in [0.05, 0.1) is 37.3 Å². The normalized spacial score (nSPS) is 23.3. The number of para-hydroxylation sites is 1. The van der Waals surface area contributed by atoms with Crippen LogP contribution in [0.1, 0.15) is 17.4 Å². The number of methoxy groups -OCH3 is 2. The minimum absolute atomic E-state index is 0.122. The fourth-order valence-corrected chi connectivity index (χ4v) is 3.81. The van der Waals surface area contributed by atoms with Gasteiger partial charge in [-0.15, -0.1) is 0 Å². The van der Waals surface area contributed by atoms with Crippen LogP contribution < -0.4 is 4.90 Å². The Morgan fingerprint density at radius 3 is 2.43 bits per heavy atom. The van der Waals surface area contributed by atoms with Crippen molar-refractivity contribution in [2.75, 3.05) is 26.2 Å². The Bertz CT molecular complexity index is 1010. The maximum atomic E-state index is 13.4. The van der Waals surface area contributed by atoms with Gasteiger partial charge in [0.2, 0.25) is 5.60 Å². The third kappa shape index (κ3) is 2.18. The zero-order chi connectivity index (χ0) is 20.1. The predicted molar refractivity (Wildman–Crippen MR) is 95.1 cm³/mol. The first kappa shape index (κ1) is 18.0. The van der Waals surface area contributed by atoms with Gasteiger partial charge in [0, 0.05) is 12.6 Å². The lowest BCUT2D eigenvalue weighted by atomic mass is 9.85. The third-order valence-electron chi connectivity index (χ3n) is 5.03. The van der Waals surface area contributed by atoms with Crippen LogP contribution in [-0.4, -0.2) is 39.1 Å². The summed E-state index contributed by atoms with van der Waals surface area (Å²) >= 11 is 0. The van der Waals surface area contributed by atoms with Gasteiger partial charge >= 0.3 is 11.9 Å². The molecule has 2 aliphatic rings. The van der Waals surface area contributed by atoms with E-state index in [2.05, 4.69) is 0 Å². The highest BCUT2D eigenvalue weighted by molar-refractivity contribution is 6.17. The molecule has 8 heteroatoms. The number of nitrogens with zero attached hydrogens (tertiary/aromatic N) is 1. The van der Waals surface area contributed by atoms with Crippen molar-refractivity contribution < 1.29 is 33.0 Å². The second kappa shape index (κ2) is 6.35. The van der Waals surface area contributed by atoms with Crippen LogP contribution in [0.25, 0.3) is 0 Å². The number of ether oxygens (including phenoxy) is 3. The van der Waals surface area contributed by atoms with Crippen LogP contribution in [0, 0.1) is 0 Å². The van der Waals surface area contributed by atoms with Crippen molar-refractivity contribution in [2.45, 2.75) is 11.7 Å². The summed E-state index contributed by atoms with van der Waals surface area (Å²) in [6, 6.07) is 10.1. The van der Waals surface area contributed by atoms with Crippen LogP contribution in [0.2, 0.25) is 0 Å². The molecule has 2 aliphatic heterocycles. The lowest BCUT2D eigenvalue weighted by Gasteiger charge is -2.25. The summed E-state index contributed by atoms with van der Waals surface area (Å²) in [6.07, 6.45) is 0.299. The van der Waals surface area contributed by atoms with E-state index < -0.39 is 29.6 Å². The van der Waals surface area contributed by atoms with E-state index in [9.17, 15) is 14.4 Å². The van der Waals surface area contributed by atoms with Gasteiger partial charge < -0.3 is 23.5 Å². The number of fused-ring (bicyclic) bond motifs is 2. The van der Waals surface area contributed by atoms with Crippen LogP contribution in [0.4, 0.5) is 5.69 Å². The van der Waals surface area contributed by atoms with Gasteiger partial charge in [-0.1, -0.05) is 18.2 Å². The number of anilines is 1. The summed E-state index contributed by atoms with van der Waals surface area (Å²) in [4.78, 5) is 40.2. The molecule has 8 nitrogen and oxygen atoms in total. The number of likely N-dealkylation sites (N-methyl/N-ethyl adjacent to an activating group) is 1. The molecule has 3 heterocycles. The van der Waals surface area contributed by atoms with E-state index in [1.165, 1.54) is 25.4 Å². The van der Waals surface area contributed by atoms with Crippen molar-refractivity contribution in [1.29, 1.82) is 0 Å². The number of furan rings is 1. The Labute approximate surface area is 160 Å². The average molecular weight is 383 g/mol. The molecule has 0 saturated carbocycles. The number of amides is 1. The fourth-order valence-electron chi connectivity index (χ4n) is 3.81. The number of benzene rings is 1. The number of esters is 2. The third-order valence-corrected chi connectivity index (χ3v) is 5.03. The Balaban J connectivity index is 2.06. The first-order chi connectivity index (χ1) is 13.5. The molecule has 1 aromatic heterocycles. The molecule has 0 N–H and O–H groups in total. The summed E-state index contributed by atoms with van der Waals surface area (Å²) < 4.78 is 21.4. The Morgan fingerprint density at radius 1 is 1.07 bits per heavy atom. The minimum Gasteiger partial charge on any atom is -0.466 e. The van der Waals surface area contributed by atoms with Gasteiger partial charge in [-0.2, -0.15) is 0 Å². The number of hydrogen-bond donors (Lipinski definition) is 0. The van der Waals surface area contributed by atoms with Crippen molar-refractivity contribution in [3.63, 3.8) is 0 Å². The van der Waals surface area contributed by atoms with E-state index in [1.54, 1.807) is 43.4 Å². The summed E-state index contributed by atoms with van der Waals surface area (Å²) in [6.45, 7) is 0. The predicted octanol–water partition coefficient (Wildman–Crippen LogP) is 1.87. The SMILES string of the molecule is COC(=O)C1=C(C(=O)OC)[C@@]2(O[C@H]1c1ccco1)C(=O)N(C)c1ccccc12. The van der Waals surface area contributed by atoms with Crippen molar-refractivity contribution in [3.05, 3.63) is 65.1 Å². The quantitative estimate of drug-likeness (QED) is 0.747. The molecular weight excluding hydrogens is 366 g/mol. The lowest BCUT2D eigenvalue weighted by Crippen LogP contribution is -2.42. The number of carbonyl (C=O) groups excluding carboxylic acids is 3. The average Bonchev–Trinajstić information content (AvgIpc) is 3.41. The first-order valence-corrected chi connectivity index (χ1v) is 8.47. The molecule has 2 aromatic rings. The Kier molecular flexibility index (Phi) is 4.08. The lowest BCUT2D eigenvalue weighted by molar-refractivity contribution is -0.149. The highest BCUT2D eigenvalue weighted by Crippen LogP contribution is 2.56. The van der Waals surface area contributed by atoms with Crippen molar-refractivity contribution in [3.8, 4) is 0 Å². The van der Waals surface area contributed by atoms with Crippen LogP contribution in [0.3, 0.4) is 0 Å². The second-order valence-electron chi connectivity index (χ2n) is 6.35. The molecule has 2 atom stereocenters. The monoisotopic (exact) mass is 383 g/mol. The fraction of sp³-hybridized carbons (Fsp3) is 0.250. The van der Waals surface area contributed by atoms with Crippen LogP contribution >= 0.6 is 0 Å². The van der Waals surface area contributed by atoms with Crippen LogP contribution in [0.5, 0.6) is 0 Å². The van der Waals surface area contributed by atoms with Crippen molar-refractivity contribution in [1.82, 2.24) is 0 Å². The van der Waals surface area contributed by atoms with E-state index in [-0.39, 0.29) is 16.9 Å². The molecular formula is C20H17NO7. The molecule has 0 saturated heterocycles. The first-order valence-electron chi connectivity index (χ1n) is 8.47. The Morgan fingerprint density at radius 2 is 1.79 bits per heavy atom. The summed E-state index contributed by atoms with van der Waals surface area (Å²) in [5.74, 6) is -1.91. The molecule has 0 unspecified atom stereocenters. The number of rotatable bonds is 3. The zero-order valence-electron chi connectivity index (χ0n) is 15.4. The smallest absolute Gasteiger partial charge is 0.338 e. The number of hydrogen-bond acceptors (Lipinski definition) is 7. The van der Waals surface area contributed by atoms with Crippen LogP contribution in [-0.2, 0) is 34.2 Å². The largest absolute Gasteiger partial charge is 0.466 e. The van der Waals surface area contributed by atoms with Crippen molar-refractivity contribution in [2.24, 2.45) is 0 Å². The molecule has 144 valence electrons. The summed E-state index contributed by atoms with van der Waals surface area (Å²) in [5, 5.41) is 0. The van der Waals surface area contributed by atoms with Gasteiger partial charge in [0.15, 0.2) is 6.10 Å². The highest BCUT2D eigenvalue weighted by Gasteiger charge is 2.64. The van der Waals surface area contributed by atoms with Crippen molar-refractivity contribution >= 4 is 23.5 Å². The zero-order valence-corrected chi connectivity index (χ0v) is 15.4. The van der Waals surface area contributed by atoms with E-state index in [1.807, 2.05) is 0 Å². The Hall–Kier alpha value is -3.39. The van der Waals surface area contributed by atoms with Gasteiger partial charge in [-0.05, 0) is 18.2 Å². The van der Waals surface area contributed by atoms with E-state index in [0.29, 0.717) is 11.3 Å². The van der Waals surface area contributed by atoms with E-state index >= 15 is 0 Å². The molecule has 1 amide bonds. The highest BCUT2D eigenvalue weighted by atomic mass is 16.6. The molecule has 28 heavy (non-hydrogen) atoms. The molecule has 1 spiro atoms. The van der Waals surface area contributed by atoms with E-state index in [4.69, 9.17) is 18.6 Å². The van der Waals surface area contributed by atoms with Crippen LogP contribution in [0.15, 0.2) is 58.2 Å². The maximum absolute atomic E-state index is 13.4.